The molecule has 44 heavy (non-hydrogen) atoms. The van der Waals surface area contributed by atoms with Crippen LogP contribution in [0.25, 0.3) is 55.9 Å². The van der Waals surface area contributed by atoms with Gasteiger partial charge in [0, 0.05) is 43.4 Å². The number of aromatic nitrogens is 2. The zero-order chi connectivity index (χ0) is 29.8. The third kappa shape index (κ3) is 6.78. The molecule has 0 amide bonds. The molecule has 0 saturated carbocycles. The van der Waals surface area contributed by atoms with E-state index in [1.165, 1.54) is 27.8 Å². The zero-order valence-corrected chi connectivity index (χ0v) is 27.6. The van der Waals surface area contributed by atoms with Gasteiger partial charge in [-0.1, -0.05) is 53.6 Å². The van der Waals surface area contributed by atoms with E-state index in [0.717, 1.165) is 50.4 Å². The molecule has 0 spiro atoms. The fraction of sp³-hybridized carbons (Fsp3) is 0.100. The van der Waals surface area contributed by atoms with Crippen molar-refractivity contribution < 1.29 is 24.5 Å². The number of rotatable bonds is 4. The van der Waals surface area contributed by atoms with Gasteiger partial charge in [0.1, 0.15) is 11.3 Å². The number of nitrogens with zero attached hydrogens (tertiary/aromatic N) is 2. The number of hydrogen-bond donors (Lipinski definition) is 0. The molecular formula is C40H32IrN2O-2. The molecule has 0 atom stereocenters. The Bertz CT molecular complexity index is 1960. The fourth-order valence-corrected chi connectivity index (χ4v) is 5.14. The molecular weight excluding hydrogens is 717 g/mol. The van der Waals surface area contributed by atoms with Gasteiger partial charge in [0.25, 0.3) is 0 Å². The number of pyridine rings is 2. The van der Waals surface area contributed by atoms with Crippen molar-refractivity contribution in [2.24, 2.45) is 0 Å². The van der Waals surface area contributed by atoms with Gasteiger partial charge in [-0.2, -0.15) is 0 Å². The van der Waals surface area contributed by atoms with Gasteiger partial charge >= 0.3 is 0 Å². The quantitative estimate of drug-likeness (QED) is 0.168. The minimum atomic E-state index is 0. The number of hydrogen-bond acceptors (Lipinski definition) is 3. The fourth-order valence-electron chi connectivity index (χ4n) is 5.14. The van der Waals surface area contributed by atoms with Crippen molar-refractivity contribution in [2.45, 2.75) is 27.7 Å². The predicted octanol–water partition coefficient (Wildman–Crippen LogP) is 10.4. The Labute approximate surface area is 273 Å². The van der Waals surface area contributed by atoms with Crippen LogP contribution in [0, 0.1) is 39.8 Å². The molecule has 0 aliphatic heterocycles. The summed E-state index contributed by atoms with van der Waals surface area (Å²) < 4.78 is 6.29. The number of aryl methyl sites for hydroxylation is 3. The van der Waals surface area contributed by atoms with Crippen LogP contribution < -0.4 is 0 Å². The molecule has 3 nitrogen and oxygen atoms in total. The molecule has 4 aromatic carbocycles. The summed E-state index contributed by atoms with van der Waals surface area (Å²) in [5.41, 5.74) is 13.2. The van der Waals surface area contributed by atoms with Gasteiger partial charge in [-0.3, -0.25) is 0 Å². The third-order valence-corrected chi connectivity index (χ3v) is 7.66. The average molecular weight is 749 g/mol. The van der Waals surface area contributed by atoms with E-state index in [1.54, 1.807) is 6.20 Å². The molecule has 7 rings (SSSR count). The second-order valence-corrected chi connectivity index (χ2v) is 10.8. The molecule has 0 saturated heterocycles. The summed E-state index contributed by atoms with van der Waals surface area (Å²) in [5, 5.41) is 1.12. The molecule has 1 radical (unpaired) electrons. The van der Waals surface area contributed by atoms with Gasteiger partial charge in [-0.25, -0.2) is 0 Å². The summed E-state index contributed by atoms with van der Waals surface area (Å²) in [4.78, 5) is 8.75. The molecule has 219 valence electrons. The Hall–Kier alpha value is -4.63. The van der Waals surface area contributed by atoms with E-state index in [1.807, 2.05) is 60.8 Å². The van der Waals surface area contributed by atoms with Crippen LogP contribution in [0.15, 0.2) is 126 Å². The summed E-state index contributed by atoms with van der Waals surface area (Å²) in [5.74, 6) is 0.903. The molecule has 4 heteroatoms. The van der Waals surface area contributed by atoms with Crippen molar-refractivity contribution >= 4 is 11.0 Å². The van der Waals surface area contributed by atoms with E-state index >= 15 is 0 Å². The molecule has 0 N–H and O–H groups in total. The zero-order valence-electron chi connectivity index (χ0n) is 25.2. The van der Waals surface area contributed by atoms with Gasteiger partial charge < -0.3 is 14.4 Å². The smallest absolute Gasteiger partial charge is 0.138 e. The summed E-state index contributed by atoms with van der Waals surface area (Å²) in [6.07, 6.45) is 3.64. The second-order valence-electron chi connectivity index (χ2n) is 10.8. The average Bonchev–Trinajstić information content (AvgIpc) is 3.49. The van der Waals surface area contributed by atoms with Crippen LogP contribution in [-0.2, 0) is 20.1 Å². The SMILES string of the molecule is Cc1ccc(-c2cc3cc(-c4cc[c-]c(-c5cc(C)ccn5)c4)c(C)c(C)c3o2)cc1.[Ir].[c-]1ccccc1-c1ccccn1. The number of furan rings is 1. The van der Waals surface area contributed by atoms with E-state index < -0.39 is 0 Å². The van der Waals surface area contributed by atoms with Crippen molar-refractivity contribution in [3.8, 4) is 45.0 Å². The van der Waals surface area contributed by atoms with Gasteiger partial charge in [0.05, 0.1) is 0 Å². The Kier molecular flexibility index (Phi) is 9.65. The first-order valence-corrected chi connectivity index (χ1v) is 14.4. The molecule has 7 aromatic rings. The first-order chi connectivity index (χ1) is 21.0. The van der Waals surface area contributed by atoms with Crippen LogP contribution in [-0.4, -0.2) is 9.97 Å². The van der Waals surface area contributed by atoms with Crippen molar-refractivity contribution in [3.05, 3.63) is 156 Å². The van der Waals surface area contributed by atoms with E-state index in [4.69, 9.17) is 4.42 Å². The Balaban J connectivity index is 0.000000248. The van der Waals surface area contributed by atoms with Gasteiger partial charge in [0.15, 0.2) is 0 Å². The van der Waals surface area contributed by atoms with Crippen molar-refractivity contribution in [2.75, 3.05) is 0 Å². The first kappa shape index (κ1) is 30.8. The third-order valence-electron chi connectivity index (χ3n) is 7.66. The molecule has 0 aliphatic carbocycles. The van der Waals surface area contributed by atoms with Crippen molar-refractivity contribution in [1.82, 2.24) is 9.97 Å². The first-order valence-electron chi connectivity index (χ1n) is 14.4. The van der Waals surface area contributed by atoms with Crippen molar-refractivity contribution in [1.29, 1.82) is 0 Å². The molecule has 3 heterocycles. The van der Waals surface area contributed by atoms with E-state index in [-0.39, 0.29) is 20.1 Å². The second kappa shape index (κ2) is 13.8. The topological polar surface area (TPSA) is 38.9 Å². The largest absolute Gasteiger partial charge is 0.456 e. The summed E-state index contributed by atoms with van der Waals surface area (Å²) in [7, 11) is 0. The van der Waals surface area contributed by atoms with Crippen LogP contribution in [0.3, 0.4) is 0 Å². The normalized spacial score (nSPS) is 10.5. The molecule has 0 unspecified atom stereocenters. The van der Waals surface area contributed by atoms with Crippen LogP contribution in [0.2, 0.25) is 0 Å². The molecule has 0 aliphatic rings. The van der Waals surface area contributed by atoms with Crippen LogP contribution in [0.5, 0.6) is 0 Å². The maximum Gasteiger partial charge on any atom is 0.138 e. The monoisotopic (exact) mass is 749 g/mol. The van der Waals surface area contributed by atoms with Crippen LogP contribution >= 0.6 is 0 Å². The van der Waals surface area contributed by atoms with Crippen molar-refractivity contribution in [3.63, 3.8) is 0 Å². The summed E-state index contributed by atoms with van der Waals surface area (Å²) in [6, 6.07) is 43.4. The summed E-state index contributed by atoms with van der Waals surface area (Å²) in [6.45, 7) is 8.49. The predicted molar refractivity (Wildman–Crippen MR) is 177 cm³/mol. The van der Waals surface area contributed by atoms with Gasteiger partial charge in [-0.05, 0) is 80.0 Å². The molecule has 0 bridgehead atoms. The Morgan fingerprint density at radius 3 is 2.07 bits per heavy atom. The van der Waals surface area contributed by atoms with Gasteiger partial charge in [0.2, 0.25) is 0 Å². The number of fused-ring (bicyclic) bond motifs is 1. The molecule has 0 fully saturated rings. The minimum absolute atomic E-state index is 0. The van der Waals surface area contributed by atoms with Crippen LogP contribution in [0.4, 0.5) is 0 Å². The number of benzene rings is 4. The molecule has 3 aromatic heterocycles. The van der Waals surface area contributed by atoms with E-state index in [2.05, 4.69) is 104 Å². The maximum absolute atomic E-state index is 6.29. The van der Waals surface area contributed by atoms with Crippen LogP contribution in [0.1, 0.15) is 22.3 Å². The standard InChI is InChI=1S/C29H24NO.C11H8N.Ir/c1-18-8-10-22(11-9-18)28-17-25-16-26(20(3)21(4)29(25)31-28)23-6-5-7-24(15-23)27-14-19(2)12-13-30-27;1-2-6-10(7-3-1)11-8-4-5-9-12-11;/h5-6,8-17H,1-4H3;1-6,8-9H;/q2*-1;. The van der Waals surface area contributed by atoms with E-state index in [9.17, 15) is 0 Å². The Morgan fingerprint density at radius 1 is 0.568 bits per heavy atom. The van der Waals surface area contributed by atoms with E-state index in [0.29, 0.717) is 0 Å². The Morgan fingerprint density at radius 2 is 1.34 bits per heavy atom. The minimum Gasteiger partial charge on any atom is -0.456 e. The summed E-state index contributed by atoms with van der Waals surface area (Å²) >= 11 is 0. The maximum atomic E-state index is 6.29. The van der Waals surface area contributed by atoms with Gasteiger partial charge in [-0.15, -0.1) is 71.3 Å².